The fourth-order valence-electron chi connectivity index (χ4n) is 4.00. The lowest BCUT2D eigenvalue weighted by molar-refractivity contribution is -0.123. The lowest BCUT2D eigenvalue weighted by atomic mass is 10.0. The van der Waals surface area contributed by atoms with Crippen LogP contribution < -0.4 is 5.32 Å². The highest BCUT2D eigenvalue weighted by atomic mass is 16.3. The molecule has 2 atom stereocenters. The van der Waals surface area contributed by atoms with Gasteiger partial charge in [0, 0.05) is 6.42 Å². The highest BCUT2D eigenvalue weighted by molar-refractivity contribution is 5.76. The van der Waals surface area contributed by atoms with Crippen molar-refractivity contribution in [3.63, 3.8) is 0 Å². The molecule has 0 aliphatic rings. The highest BCUT2D eigenvalue weighted by Crippen LogP contribution is 2.14. The Hall–Kier alpha value is -0.610. The zero-order valence-electron chi connectivity index (χ0n) is 20.3. The molecule has 0 spiro atoms. The van der Waals surface area contributed by atoms with Crippen LogP contribution in [0.4, 0.5) is 0 Å². The van der Waals surface area contributed by atoms with E-state index in [9.17, 15) is 15.0 Å². The van der Waals surface area contributed by atoms with Crippen molar-refractivity contribution in [3.05, 3.63) is 0 Å². The summed E-state index contributed by atoms with van der Waals surface area (Å²) in [7, 11) is 0. The van der Waals surface area contributed by atoms with E-state index >= 15 is 0 Å². The van der Waals surface area contributed by atoms with Gasteiger partial charge in [0.15, 0.2) is 0 Å². The minimum absolute atomic E-state index is 0.0411. The van der Waals surface area contributed by atoms with E-state index in [1.807, 2.05) is 0 Å². The third kappa shape index (κ3) is 19.4. The van der Waals surface area contributed by atoms with Crippen LogP contribution in [0.2, 0.25) is 0 Å². The van der Waals surface area contributed by atoms with E-state index in [0.717, 1.165) is 25.7 Å². The third-order valence-electron chi connectivity index (χ3n) is 6.12. The average Bonchev–Trinajstić information content (AvgIpc) is 2.75. The summed E-state index contributed by atoms with van der Waals surface area (Å²) < 4.78 is 0. The number of nitrogens with one attached hydrogen (secondary N) is 1. The number of hydrogen-bond acceptors (Lipinski definition) is 3. The Bertz CT molecular complexity index is 362. The van der Waals surface area contributed by atoms with Gasteiger partial charge >= 0.3 is 0 Å². The molecule has 0 aromatic carbocycles. The SMILES string of the molecule is CCCCCCCCCCCCCC(O)C(CO)NC(=O)CCCCCCCCC. The predicted molar refractivity (Wildman–Crippen MR) is 129 cm³/mol. The summed E-state index contributed by atoms with van der Waals surface area (Å²) in [6.07, 6.45) is 22.9. The molecule has 0 aromatic rings. The summed E-state index contributed by atoms with van der Waals surface area (Å²) in [5.74, 6) is -0.0411. The lowest BCUT2D eigenvalue weighted by Gasteiger charge is -2.22. The zero-order chi connectivity index (χ0) is 22.3. The summed E-state index contributed by atoms with van der Waals surface area (Å²) >= 11 is 0. The number of hydrogen-bond donors (Lipinski definition) is 3. The molecular weight excluding hydrogens is 374 g/mol. The maximum atomic E-state index is 12.1. The van der Waals surface area contributed by atoms with Gasteiger partial charge in [-0.25, -0.2) is 0 Å². The lowest BCUT2D eigenvalue weighted by Crippen LogP contribution is -2.45. The van der Waals surface area contributed by atoms with Crippen molar-refractivity contribution >= 4 is 5.91 Å². The molecule has 0 aliphatic carbocycles. The first kappa shape index (κ1) is 29.4. The summed E-state index contributed by atoms with van der Waals surface area (Å²) in [4.78, 5) is 12.1. The smallest absolute Gasteiger partial charge is 0.220 e. The molecule has 3 N–H and O–H groups in total. The summed E-state index contributed by atoms with van der Waals surface area (Å²) in [6.45, 7) is 4.28. The molecule has 30 heavy (non-hydrogen) atoms. The van der Waals surface area contributed by atoms with Crippen LogP contribution in [-0.2, 0) is 4.79 Å². The molecule has 1 amide bonds. The standard InChI is InChI=1S/C26H53NO3/c1-3-5-7-9-11-12-13-14-16-17-19-21-25(29)24(23-28)27-26(30)22-20-18-15-10-8-6-4-2/h24-25,28-29H,3-23H2,1-2H3,(H,27,30). The van der Waals surface area contributed by atoms with Gasteiger partial charge in [0.05, 0.1) is 18.8 Å². The van der Waals surface area contributed by atoms with Gasteiger partial charge in [-0.2, -0.15) is 0 Å². The molecular formula is C26H53NO3. The fourth-order valence-corrected chi connectivity index (χ4v) is 4.00. The first-order valence-electron chi connectivity index (χ1n) is 13.2. The predicted octanol–water partition coefficient (Wildman–Crippen LogP) is 6.67. The zero-order valence-corrected chi connectivity index (χ0v) is 20.3. The molecule has 2 unspecified atom stereocenters. The number of aliphatic hydroxyl groups is 2. The van der Waals surface area contributed by atoms with Crippen molar-refractivity contribution < 1.29 is 15.0 Å². The van der Waals surface area contributed by atoms with Gasteiger partial charge in [-0.15, -0.1) is 0 Å². The van der Waals surface area contributed by atoms with E-state index in [0.29, 0.717) is 12.8 Å². The van der Waals surface area contributed by atoms with E-state index in [-0.39, 0.29) is 12.5 Å². The highest BCUT2D eigenvalue weighted by Gasteiger charge is 2.19. The topological polar surface area (TPSA) is 69.6 Å². The second-order valence-electron chi connectivity index (χ2n) is 9.12. The van der Waals surface area contributed by atoms with Crippen LogP contribution >= 0.6 is 0 Å². The van der Waals surface area contributed by atoms with Crippen molar-refractivity contribution in [3.8, 4) is 0 Å². The molecule has 180 valence electrons. The van der Waals surface area contributed by atoms with Crippen LogP contribution in [0.3, 0.4) is 0 Å². The molecule has 4 nitrogen and oxygen atoms in total. The molecule has 0 bridgehead atoms. The molecule has 0 saturated heterocycles. The Morgan fingerprint density at radius 3 is 1.50 bits per heavy atom. The number of carbonyl (C=O) groups excluding carboxylic acids is 1. The second-order valence-corrected chi connectivity index (χ2v) is 9.12. The Morgan fingerprint density at radius 2 is 1.07 bits per heavy atom. The quantitative estimate of drug-likeness (QED) is 0.160. The van der Waals surface area contributed by atoms with E-state index in [1.54, 1.807) is 0 Å². The van der Waals surface area contributed by atoms with Crippen LogP contribution in [-0.4, -0.2) is 34.9 Å². The molecule has 0 aromatic heterocycles. The number of aliphatic hydroxyl groups excluding tert-OH is 2. The van der Waals surface area contributed by atoms with Gasteiger partial charge < -0.3 is 15.5 Å². The van der Waals surface area contributed by atoms with E-state index in [2.05, 4.69) is 19.2 Å². The number of carbonyl (C=O) groups is 1. The Kier molecular flexibility index (Phi) is 22.6. The molecule has 0 radical (unpaired) electrons. The molecule has 0 fully saturated rings. The molecule has 0 aliphatic heterocycles. The maximum absolute atomic E-state index is 12.1. The molecule has 0 rings (SSSR count). The number of amides is 1. The Labute approximate surface area is 187 Å². The van der Waals surface area contributed by atoms with Gasteiger partial charge in [-0.05, 0) is 12.8 Å². The first-order valence-corrected chi connectivity index (χ1v) is 13.2. The number of rotatable bonds is 23. The van der Waals surface area contributed by atoms with Crippen LogP contribution in [0.1, 0.15) is 142 Å². The normalized spacial score (nSPS) is 13.3. The Balaban J connectivity index is 3.63. The van der Waals surface area contributed by atoms with Crippen molar-refractivity contribution in [2.45, 2.75) is 154 Å². The Morgan fingerprint density at radius 1 is 0.667 bits per heavy atom. The minimum Gasteiger partial charge on any atom is -0.394 e. The maximum Gasteiger partial charge on any atom is 0.220 e. The van der Waals surface area contributed by atoms with E-state index in [4.69, 9.17) is 0 Å². The summed E-state index contributed by atoms with van der Waals surface area (Å²) in [5.41, 5.74) is 0. The van der Waals surface area contributed by atoms with Crippen molar-refractivity contribution in [2.75, 3.05) is 6.61 Å². The summed E-state index contributed by atoms with van der Waals surface area (Å²) in [5, 5.41) is 22.7. The summed E-state index contributed by atoms with van der Waals surface area (Å²) in [6, 6.07) is -0.523. The molecule has 4 heteroatoms. The first-order chi connectivity index (χ1) is 14.7. The van der Waals surface area contributed by atoms with Crippen LogP contribution in [0.25, 0.3) is 0 Å². The van der Waals surface area contributed by atoms with Crippen molar-refractivity contribution in [1.82, 2.24) is 5.32 Å². The average molecular weight is 428 g/mol. The largest absolute Gasteiger partial charge is 0.394 e. The van der Waals surface area contributed by atoms with Crippen LogP contribution in [0.5, 0.6) is 0 Å². The van der Waals surface area contributed by atoms with Gasteiger partial charge in [-0.3, -0.25) is 4.79 Å². The minimum atomic E-state index is -0.647. The van der Waals surface area contributed by atoms with Crippen molar-refractivity contribution in [2.24, 2.45) is 0 Å². The van der Waals surface area contributed by atoms with Gasteiger partial charge in [0.25, 0.3) is 0 Å². The van der Waals surface area contributed by atoms with Crippen LogP contribution in [0.15, 0.2) is 0 Å². The molecule has 0 saturated carbocycles. The number of unbranched alkanes of at least 4 members (excludes halogenated alkanes) is 16. The second kappa shape index (κ2) is 23.1. The molecule has 0 heterocycles. The van der Waals surface area contributed by atoms with Gasteiger partial charge in [-0.1, -0.05) is 123 Å². The van der Waals surface area contributed by atoms with E-state index in [1.165, 1.54) is 89.9 Å². The van der Waals surface area contributed by atoms with Gasteiger partial charge in [0.1, 0.15) is 0 Å². The van der Waals surface area contributed by atoms with Crippen LogP contribution in [0, 0.1) is 0 Å². The fraction of sp³-hybridized carbons (Fsp3) is 0.962. The van der Waals surface area contributed by atoms with E-state index < -0.39 is 12.1 Å². The van der Waals surface area contributed by atoms with Gasteiger partial charge in [0.2, 0.25) is 5.91 Å². The monoisotopic (exact) mass is 427 g/mol. The van der Waals surface area contributed by atoms with Crippen molar-refractivity contribution in [1.29, 1.82) is 0 Å². The third-order valence-corrected chi connectivity index (χ3v) is 6.12.